The van der Waals surface area contributed by atoms with Crippen molar-refractivity contribution in [1.82, 2.24) is 20.3 Å². The van der Waals surface area contributed by atoms with Gasteiger partial charge in [-0.15, -0.1) is 5.10 Å². The standard InChI is InChI=1S/C16H18N4/c1-3-17-11-13-8-9-15(12(2)10-13)20-16-7-5-4-6-14(16)18-19-20/h4-10,17H,3,11H2,1-2H3. The molecule has 1 aromatic heterocycles. The zero-order valence-corrected chi connectivity index (χ0v) is 11.8. The second kappa shape index (κ2) is 5.43. The molecule has 0 aliphatic rings. The van der Waals surface area contributed by atoms with Gasteiger partial charge in [-0.25, -0.2) is 4.68 Å². The Kier molecular flexibility index (Phi) is 3.48. The van der Waals surface area contributed by atoms with Crippen LogP contribution in [0.25, 0.3) is 16.7 Å². The molecule has 0 saturated carbocycles. The summed E-state index contributed by atoms with van der Waals surface area (Å²) in [7, 11) is 0. The number of nitrogens with one attached hydrogen (secondary N) is 1. The van der Waals surface area contributed by atoms with Crippen molar-refractivity contribution in [1.29, 1.82) is 0 Å². The average Bonchev–Trinajstić information content (AvgIpc) is 2.89. The summed E-state index contributed by atoms with van der Waals surface area (Å²) >= 11 is 0. The van der Waals surface area contributed by atoms with Crippen LogP contribution in [0.5, 0.6) is 0 Å². The molecule has 0 aliphatic carbocycles. The lowest BCUT2D eigenvalue weighted by atomic mass is 10.1. The van der Waals surface area contributed by atoms with E-state index in [1.807, 2.05) is 28.9 Å². The van der Waals surface area contributed by atoms with E-state index in [1.54, 1.807) is 0 Å². The maximum absolute atomic E-state index is 4.27. The molecule has 1 N–H and O–H groups in total. The van der Waals surface area contributed by atoms with E-state index in [4.69, 9.17) is 0 Å². The number of nitrogens with zero attached hydrogens (tertiary/aromatic N) is 3. The molecule has 0 radical (unpaired) electrons. The van der Waals surface area contributed by atoms with E-state index < -0.39 is 0 Å². The molecule has 4 nitrogen and oxygen atoms in total. The first-order chi connectivity index (χ1) is 9.79. The number of fused-ring (bicyclic) bond motifs is 1. The maximum atomic E-state index is 4.27. The third kappa shape index (κ3) is 2.30. The number of hydrogen-bond acceptors (Lipinski definition) is 3. The molecular formula is C16H18N4. The predicted octanol–water partition coefficient (Wildman–Crippen LogP) is 2.84. The van der Waals surface area contributed by atoms with E-state index in [0.717, 1.165) is 29.8 Å². The summed E-state index contributed by atoms with van der Waals surface area (Å²) in [5.41, 5.74) is 5.53. The number of aromatic nitrogens is 3. The van der Waals surface area contributed by atoms with Gasteiger partial charge in [-0.1, -0.05) is 36.4 Å². The Bertz CT molecular complexity index is 730. The lowest BCUT2D eigenvalue weighted by Crippen LogP contribution is -2.12. The molecule has 102 valence electrons. The van der Waals surface area contributed by atoms with Crippen molar-refractivity contribution in [3.05, 3.63) is 53.6 Å². The topological polar surface area (TPSA) is 42.7 Å². The third-order valence-corrected chi connectivity index (χ3v) is 3.42. The lowest BCUT2D eigenvalue weighted by molar-refractivity contribution is 0.725. The van der Waals surface area contributed by atoms with Gasteiger partial charge in [0.1, 0.15) is 5.52 Å². The number of benzene rings is 2. The van der Waals surface area contributed by atoms with Crippen LogP contribution in [-0.2, 0) is 6.54 Å². The second-order valence-corrected chi connectivity index (χ2v) is 4.89. The number of para-hydroxylation sites is 1. The van der Waals surface area contributed by atoms with Gasteiger partial charge < -0.3 is 5.32 Å². The molecular weight excluding hydrogens is 248 g/mol. The van der Waals surface area contributed by atoms with Crippen LogP contribution in [0.2, 0.25) is 0 Å². The predicted molar refractivity (Wildman–Crippen MR) is 81.0 cm³/mol. The van der Waals surface area contributed by atoms with Crippen LogP contribution in [0.3, 0.4) is 0 Å². The molecule has 0 unspecified atom stereocenters. The van der Waals surface area contributed by atoms with Gasteiger partial charge in [0.2, 0.25) is 0 Å². The molecule has 3 rings (SSSR count). The van der Waals surface area contributed by atoms with Crippen molar-refractivity contribution >= 4 is 11.0 Å². The van der Waals surface area contributed by atoms with Crippen LogP contribution in [0.4, 0.5) is 0 Å². The highest BCUT2D eigenvalue weighted by molar-refractivity contribution is 5.76. The Morgan fingerprint density at radius 3 is 2.80 bits per heavy atom. The normalized spacial score (nSPS) is 11.1. The SMILES string of the molecule is CCNCc1ccc(-n2nnc3ccccc32)c(C)c1. The average molecular weight is 266 g/mol. The summed E-state index contributed by atoms with van der Waals surface area (Å²) in [5, 5.41) is 11.8. The number of rotatable bonds is 4. The fourth-order valence-corrected chi connectivity index (χ4v) is 2.38. The third-order valence-electron chi connectivity index (χ3n) is 3.42. The summed E-state index contributed by atoms with van der Waals surface area (Å²) in [4.78, 5) is 0. The van der Waals surface area contributed by atoms with E-state index in [1.165, 1.54) is 11.1 Å². The van der Waals surface area contributed by atoms with Gasteiger partial charge in [-0.05, 0) is 42.8 Å². The molecule has 2 aromatic carbocycles. The zero-order valence-electron chi connectivity index (χ0n) is 11.8. The molecule has 0 amide bonds. The molecule has 0 saturated heterocycles. The minimum Gasteiger partial charge on any atom is -0.313 e. The first kappa shape index (κ1) is 12.8. The van der Waals surface area contributed by atoms with Crippen molar-refractivity contribution in [2.24, 2.45) is 0 Å². The van der Waals surface area contributed by atoms with E-state index in [0.29, 0.717) is 0 Å². The first-order valence-corrected chi connectivity index (χ1v) is 6.90. The van der Waals surface area contributed by atoms with Crippen molar-refractivity contribution in [2.75, 3.05) is 6.54 Å². The Hall–Kier alpha value is -2.20. The Labute approximate surface area is 118 Å². The highest BCUT2D eigenvalue weighted by Gasteiger charge is 2.08. The Morgan fingerprint density at radius 1 is 1.15 bits per heavy atom. The van der Waals surface area contributed by atoms with Crippen molar-refractivity contribution in [3.8, 4) is 5.69 Å². The van der Waals surface area contributed by atoms with Gasteiger partial charge in [-0.2, -0.15) is 0 Å². The van der Waals surface area contributed by atoms with Gasteiger partial charge in [0.25, 0.3) is 0 Å². The van der Waals surface area contributed by atoms with Crippen molar-refractivity contribution in [2.45, 2.75) is 20.4 Å². The lowest BCUT2D eigenvalue weighted by Gasteiger charge is -2.09. The van der Waals surface area contributed by atoms with E-state index in [-0.39, 0.29) is 0 Å². The van der Waals surface area contributed by atoms with Crippen molar-refractivity contribution in [3.63, 3.8) is 0 Å². The molecule has 0 aliphatic heterocycles. The summed E-state index contributed by atoms with van der Waals surface area (Å²) < 4.78 is 1.90. The van der Waals surface area contributed by atoms with Gasteiger partial charge in [0, 0.05) is 6.54 Å². The van der Waals surface area contributed by atoms with Crippen LogP contribution in [0.15, 0.2) is 42.5 Å². The monoisotopic (exact) mass is 266 g/mol. The van der Waals surface area contributed by atoms with Crippen LogP contribution in [0, 0.1) is 6.92 Å². The molecule has 0 spiro atoms. The molecule has 0 atom stereocenters. The summed E-state index contributed by atoms with van der Waals surface area (Å²) in [6.07, 6.45) is 0. The van der Waals surface area contributed by atoms with Crippen LogP contribution >= 0.6 is 0 Å². The fourth-order valence-electron chi connectivity index (χ4n) is 2.38. The van der Waals surface area contributed by atoms with Gasteiger partial charge in [-0.3, -0.25) is 0 Å². The summed E-state index contributed by atoms with van der Waals surface area (Å²) in [6.45, 7) is 6.11. The first-order valence-electron chi connectivity index (χ1n) is 6.90. The van der Waals surface area contributed by atoms with E-state index in [2.05, 4.69) is 47.7 Å². The van der Waals surface area contributed by atoms with Gasteiger partial charge in [0.05, 0.1) is 11.2 Å². The summed E-state index contributed by atoms with van der Waals surface area (Å²) in [5.74, 6) is 0. The van der Waals surface area contributed by atoms with Gasteiger partial charge in [0.15, 0.2) is 0 Å². The van der Waals surface area contributed by atoms with E-state index >= 15 is 0 Å². The molecule has 0 fully saturated rings. The Morgan fingerprint density at radius 2 is 2.00 bits per heavy atom. The Balaban J connectivity index is 2.02. The molecule has 3 aromatic rings. The van der Waals surface area contributed by atoms with Gasteiger partial charge >= 0.3 is 0 Å². The molecule has 4 heteroatoms. The molecule has 20 heavy (non-hydrogen) atoms. The fraction of sp³-hybridized carbons (Fsp3) is 0.250. The molecule has 1 heterocycles. The second-order valence-electron chi connectivity index (χ2n) is 4.89. The van der Waals surface area contributed by atoms with Crippen LogP contribution < -0.4 is 5.32 Å². The number of aryl methyl sites for hydroxylation is 1. The minimum atomic E-state index is 0.899. The zero-order chi connectivity index (χ0) is 13.9. The highest BCUT2D eigenvalue weighted by atomic mass is 15.4. The van der Waals surface area contributed by atoms with Crippen LogP contribution in [-0.4, -0.2) is 21.5 Å². The maximum Gasteiger partial charge on any atom is 0.113 e. The number of hydrogen-bond donors (Lipinski definition) is 1. The molecule has 0 bridgehead atoms. The quantitative estimate of drug-likeness (QED) is 0.789. The smallest absolute Gasteiger partial charge is 0.113 e. The van der Waals surface area contributed by atoms with Crippen LogP contribution in [0.1, 0.15) is 18.1 Å². The largest absolute Gasteiger partial charge is 0.313 e. The minimum absolute atomic E-state index is 0.899. The van der Waals surface area contributed by atoms with Crippen molar-refractivity contribution < 1.29 is 0 Å². The van der Waals surface area contributed by atoms with E-state index in [9.17, 15) is 0 Å². The summed E-state index contributed by atoms with van der Waals surface area (Å²) in [6, 6.07) is 14.5. The highest BCUT2D eigenvalue weighted by Crippen LogP contribution is 2.20.